The predicted octanol–water partition coefficient (Wildman–Crippen LogP) is 3.54. The van der Waals surface area contributed by atoms with Crippen molar-refractivity contribution in [3.8, 4) is 0 Å². The monoisotopic (exact) mass is 320 g/mol. The molecule has 118 valence electrons. The molecule has 2 aromatic rings. The van der Waals surface area contributed by atoms with Crippen LogP contribution in [0.4, 0.5) is 4.39 Å². The number of hydrogen-bond acceptors (Lipinski definition) is 3. The zero-order valence-electron chi connectivity index (χ0n) is 13.3. The molecule has 0 aliphatic rings. The van der Waals surface area contributed by atoms with Crippen molar-refractivity contribution in [2.24, 2.45) is 0 Å². The first kappa shape index (κ1) is 16.9. The lowest BCUT2D eigenvalue weighted by Crippen LogP contribution is -2.51. The van der Waals surface area contributed by atoms with Crippen LogP contribution in [0.25, 0.3) is 0 Å². The summed E-state index contributed by atoms with van der Waals surface area (Å²) in [5.41, 5.74) is 0.0640. The summed E-state index contributed by atoms with van der Waals surface area (Å²) in [5.74, 6) is -0.424. The summed E-state index contributed by atoms with van der Waals surface area (Å²) in [6.45, 7) is 7.42. The van der Waals surface area contributed by atoms with Gasteiger partial charge in [0.2, 0.25) is 0 Å². The number of aromatic nitrogens is 1. The fraction of sp³-hybridized carbons (Fsp3) is 0.353. The first-order valence-electron chi connectivity index (χ1n) is 7.11. The van der Waals surface area contributed by atoms with Gasteiger partial charge < -0.3 is 4.55 Å². The molecule has 2 unspecified atom stereocenters. The Morgan fingerprint density at radius 3 is 2.23 bits per heavy atom. The molecular weight excluding hydrogens is 299 g/mol. The second-order valence-electron chi connectivity index (χ2n) is 6.31. The van der Waals surface area contributed by atoms with E-state index in [2.05, 4.69) is 9.71 Å². The largest absolute Gasteiger partial charge is 0.598 e. The molecule has 2 rings (SSSR count). The average Bonchev–Trinajstić information content (AvgIpc) is 2.47. The van der Waals surface area contributed by atoms with E-state index in [1.165, 1.54) is 6.07 Å². The van der Waals surface area contributed by atoms with Crippen LogP contribution < -0.4 is 4.72 Å². The first-order valence-corrected chi connectivity index (χ1v) is 8.26. The summed E-state index contributed by atoms with van der Waals surface area (Å²) in [6, 6.07) is 12.3. The number of benzene rings is 1. The van der Waals surface area contributed by atoms with Gasteiger partial charge in [0.25, 0.3) is 0 Å². The highest BCUT2D eigenvalue weighted by molar-refractivity contribution is 7.90. The van der Waals surface area contributed by atoms with Crippen LogP contribution >= 0.6 is 0 Å². The van der Waals surface area contributed by atoms with Crippen molar-refractivity contribution >= 4 is 11.4 Å². The molecule has 1 aromatic carbocycles. The maximum absolute atomic E-state index is 14.3. The average molecular weight is 320 g/mol. The summed E-state index contributed by atoms with van der Waals surface area (Å²) >= 11 is -1.37. The Bertz CT molecular complexity index is 630. The second-order valence-corrected chi connectivity index (χ2v) is 8.27. The Morgan fingerprint density at radius 1 is 1.05 bits per heavy atom. The Labute approximate surface area is 134 Å². The number of hydrogen-bond donors (Lipinski definition) is 1. The molecule has 0 bridgehead atoms. The van der Waals surface area contributed by atoms with Crippen molar-refractivity contribution < 1.29 is 8.94 Å². The van der Waals surface area contributed by atoms with E-state index >= 15 is 0 Å². The third-order valence-electron chi connectivity index (χ3n) is 3.44. The molecule has 22 heavy (non-hydrogen) atoms. The summed E-state index contributed by atoms with van der Waals surface area (Å²) in [7, 11) is 0. The fourth-order valence-electron chi connectivity index (χ4n) is 2.11. The fourth-order valence-corrected chi connectivity index (χ4v) is 3.00. The van der Waals surface area contributed by atoms with Crippen molar-refractivity contribution in [2.45, 2.75) is 38.0 Å². The van der Waals surface area contributed by atoms with E-state index < -0.39 is 27.5 Å². The predicted molar refractivity (Wildman–Crippen MR) is 88.1 cm³/mol. The van der Waals surface area contributed by atoms with E-state index in [-0.39, 0.29) is 5.69 Å². The van der Waals surface area contributed by atoms with Crippen molar-refractivity contribution in [3.63, 3.8) is 0 Å². The van der Waals surface area contributed by atoms with Gasteiger partial charge in [-0.2, -0.15) is 0 Å². The van der Waals surface area contributed by atoms with Gasteiger partial charge in [-0.25, -0.2) is 4.39 Å². The van der Waals surface area contributed by atoms with Gasteiger partial charge in [0.15, 0.2) is 0 Å². The zero-order valence-corrected chi connectivity index (χ0v) is 14.1. The number of halogens is 1. The molecule has 0 radical (unpaired) electrons. The molecule has 0 saturated heterocycles. The number of nitrogens with one attached hydrogen (secondary N) is 1. The zero-order chi connectivity index (χ0) is 16.4. The number of rotatable bonds is 4. The summed E-state index contributed by atoms with van der Waals surface area (Å²) in [5, 5.41) is 0. The Morgan fingerprint density at radius 2 is 1.68 bits per heavy atom. The quantitative estimate of drug-likeness (QED) is 0.877. The van der Waals surface area contributed by atoms with Crippen molar-refractivity contribution in [3.05, 3.63) is 65.7 Å². The topological polar surface area (TPSA) is 48.0 Å². The van der Waals surface area contributed by atoms with Crippen molar-refractivity contribution in [1.82, 2.24) is 9.71 Å². The van der Waals surface area contributed by atoms with Gasteiger partial charge in [0.05, 0.1) is 0 Å². The van der Waals surface area contributed by atoms with Crippen LogP contribution in [0, 0.1) is 5.82 Å². The van der Waals surface area contributed by atoms with E-state index in [1.54, 1.807) is 19.2 Å². The molecule has 2 atom stereocenters. The minimum absolute atomic E-state index is 0.235. The van der Waals surface area contributed by atoms with Gasteiger partial charge in [-0.15, -0.1) is 4.72 Å². The van der Waals surface area contributed by atoms with Gasteiger partial charge in [-0.05, 0) is 45.4 Å². The lowest BCUT2D eigenvalue weighted by molar-refractivity contribution is 0.449. The molecule has 0 spiro atoms. The van der Waals surface area contributed by atoms with Crippen LogP contribution in [0.2, 0.25) is 0 Å². The van der Waals surface area contributed by atoms with Crippen LogP contribution in [-0.4, -0.2) is 14.3 Å². The molecule has 0 amide bonds. The molecule has 3 nitrogen and oxygen atoms in total. The number of pyridine rings is 1. The summed E-state index contributed by atoms with van der Waals surface area (Å²) in [4.78, 5) is 4.19. The summed E-state index contributed by atoms with van der Waals surface area (Å²) in [6.07, 6.45) is 1.54. The van der Waals surface area contributed by atoms with Crippen molar-refractivity contribution in [2.75, 3.05) is 0 Å². The molecule has 1 aromatic heterocycles. The van der Waals surface area contributed by atoms with Crippen LogP contribution in [0.5, 0.6) is 0 Å². The third kappa shape index (κ3) is 3.48. The number of nitrogens with zero attached hydrogens (tertiary/aromatic N) is 1. The molecule has 1 heterocycles. The molecule has 0 fully saturated rings. The lowest BCUT2D eigenvalue weighted by atomic mass is 9.89. The smallest absolute Gasteiger partial charge is 0.147 e. The van der Waals surface area contributed by atoms with Gasteiger partial charge >= 0.3 is 0 Å². The highest BCUT2D eigenvalue weighted by Crippen LogP contribution is 2.32. The molecule has 0 aliphatic carbocycles. The highest BCUT2D eigenvalue weighted by Gasteiger charge is 2.41. The van der Waals surface area contributed by atoms with E-state index in [9.17, 15) is 8.94 Å². The van der Waals surface area contributed by atoms with Crippen LogP contribution in [-0.2, 0) is 16.9 Å². The van der Waals surface area contributed by atoms with Crippen LogP contribution in [0.15, 0.2) is 48.7 Å². The molecule has 5 heteroatoms. The summed E-state index contributed by atoms with van der Waals surface area (Å²) < 4.78 is 29.5. The highest BCUT2D eigenvalue weighted by atomic mass is 32.2. The van der Waals surface area contributed by atoms with Gasteiger partial charge in [0.1, 0.15) is 21.8 Å². The first-order chi connectivity index (χ1) is 10.2. The maximum Gasteiger partial charge on any atom is 0.147 e. The van der Waals surface area contributed by atoms with Gasteiger partial charge in [-0.3, -0.25) is 4.98 Å². The van der Waals surface area contributed by atoms with E-state index in [0.29, 0.717) is 0 Å². The minimum atomic E-state index is -1.37. The van der Waals surface area contributed by atoms with Gasteiger partial charge in [-0.1, -0.05) is 30.3 Å². The molecule has 0 aliphatic heterocycles. The Kier molecular flexibility index (Phi) is 4.90. The second kappa shape index (κ2) is 6.36. The lowest BCUT2D eigenvalue weighted by Gasteiger charge is -2.35. The van der Waals surface area contributed by atoms with Gasteiger partial charge in [0, 0.05) is 17.6 Å². The van der Waals surface area contributed by atoms with E-state index in [1.807, 2.05) is 51.1 Å². The normalized spacial score (nSPS) is 16.1. The Balaban J connectivity index is 2.53. The minimum Gasteiger partial charge on any atom is -0.598 e. The Hall–Kier alpha value is -1.43. The van der Waals surface area contributed by atoms with E-state index in [4.69, 9.17) is 0 Å². The maximum atomic E-state index is 14.3. The van der Waals surface area contributed by atoms with Crippen molar-refractivity contribution in [1.29, 1.82) is 0 Å². The standard InChI is InChI=1S/C17H21FN2OS/c1-16(2,3)22(21)20-17(4,13-9-6-5-7-10-13)15-14(18)11-8-12-19-15/h5-12,20H,1-4H3. The molecular formula is C17H21FN2OS. The molecule has 0 saturated carbocycles. The van der Waals surface area contributed by atoms with E-state index in [0.717, 1.165) is 5.56 Å². The third-order valence-corrected chi connectivity index (χ3v) is 5.14. The van der Waals surface area contributed by atoms with Crippen LogP contribution in [0.1, 0.15) is 39.0 Å². The molecule has 1 N–H and O–H groups in total. The SMILES string of the molecule is CC(N[S+]([O-])C(C)(C)C)(c1ccccc1)c1ncccc1F. The van der Waals surface area contributed by atoms with Crippen LogP contribution in [0.3, 0.4) is 0 Å².